The molecule has 4 aromatic rings. The molecule has 1 amide bonds. The Bertz CT molecular complexity index is 1310. The van der Waals surface area contributed by atoms with Crippen molar-refractivity contribution in [3.05, 3.63) is 98.7 Å². The Morgan fingerprint density at radius 2 is 1.47 bits per heavy atom. The Morgan fingerprint density at radius 3 is 2.13 bits per heavy atom. The Balaban J connectivity index is 1.62. The summed E-state index contributed by atoms with van der Waals surface area (Å²) in [5.74, 6) is 0.306. The third-order valence-electron chi connectivity index (χ3n) is 5.23. The third-order valence-corrected chi connectivity index (χ3v) is 5.23. The van der Waals surface area contributed by atoms with Gasteiger partial charge in [-0.3, -0.25) is 9.59 Å². The highest BCUT2D eigenvalue weighted by molar-refractivity contribution is 6.05. The predicted molar refractivity (Wildman–Crippen MR) is 121 cm³/mol. The number of amides is 1. The van der Waals surface area contributed by atoms with Crippen molar-refractivity contribution in [1.29, 1.82) is 0 Å². The first-order chi connectivity index (χ1) is 14.3. The third kappa shape index (κ3) is 3.77. The number of carbonyl (C=O) groups excluding carboxylic acids is 1. The molecule has 1 N–H and O–H groups in total. The quantitative estimate of drug-likeness (QED) is 0.465. The summed E-state index contributed by atoms with van der Waals surface area (Å²) in [5, 5.41) is 3.58. The van der Waals surface area contributed by atoms with Crippen LogP contribution < -0.4 is 10.7 Å². The van der Waals surface area contributed by atoms with Gasteiger partial charge in [-0.1, -0.05) is 41.5 Å². The van der Waals surface area contributed by atoms with Gasteiger partial charge in [0.05, 0.1) is 5.39 Å². The average Bonchev–Trinajstić information content (AvgIpc) is 2.71. The van der Waals surface area contributed by atoms with Gasteiger partial charge in [0.1, 0.15) is 11.3 Å². The maximum Gasteiger partial charge on any atom is 0.255 e. The van der Waals surface area contributed by atoms with E-state index in [2.05, 4.69) is 17.4 Å². The van der Waals surface area contributed by atoms with Crippen LogP contribution in [0.15, 0.2) is 69.9 Å². The van der Waals surface area contributed by atoms with E-state index < -0.39 is 0 Å². The highest BCUT2D eigenvalue weighted by atomic mass is 16.3. The molecule has 0 aliphatic rings. The molecule has 0 unspecified atom stereocenters. The number of hydrogen-bond acceptors (Lipinski definition) is 3. The van der Waals surface area contributed by atoms with E-state index in [4.69, 9.17) is 4.42 Å². The molecule has 0 saturated carbocycles. The Morgan fingerprint density at radius 1 is 0.800 bits per heavy atom. The number of nitrogens with one attached hydrogen (secondary N) is 1. The molecule has 1 aromatic heterocycles. The lowest BCUT2D eigenvalue weighted by Crippen LogP contribution is -2.13. The molecule has 0 saturated heterocycles. The number of aryl methyl sites for hydroxylation is 4. The second kappa shape index (κ2) is 7.64. The molecule has 4 nitrogen and oxygen atoms in total. The van der Waals surface area contributed by atoms with E-state index in [-0.39, 0.29) is 11.3 Å². The van der Waals surface area contributed by atoms with Crippen LogP contribution in [0.3, 0.4) is 0 Å². The predicted octanol–water partition coefficient (Wildman–Crippen LogP) is 5.95. The van der Waals surface area contributed by atoms with E-state index in [0.29, 0.717) is 22.3 Å². The number of rotatable bonds is 3. The van der Waals surface area contributed by atoms with Crippen LogP contribution in [-0.2, 0) is 0 Å². The normalized spacial score (nSPS) is 10.9. The van der Waals surface area contributed by atoms with Crippen molar-refractivity contribution >= 4 is 22.6 Å². The van der Waals surface area contributed by atoms with Crippen molar-refractivity contribution in [3.8, 4) is 11.3 Å². The number of anilines is 1. The summed E-state index contributed by atoms with van der Waals surface area (Å²) in [7, 11) is 0. The van der Waals surface area contributed by atoms with Crippen LogP contribution in [0.4, 0.5) is 5.69 Å². The molecule has 4 rings (SSSR count). The van der Waals surface area contributed by atoms with Crippen molar-refractivity contribution in [2.24, 2.45) is 0 Å². The van der Waals surface area contributed by atoms with E-state index in [1.807, 2.05) is 45.9 Å². The lowest BCUT2D eigenvalue weighted by Gasteiger charge is -2.13. The minimum Gasteiger partial charge on any atom is -0.456 e. The molecule has 0 aliphatic carbocycles. The Labute approximate surface area is 175 Å². The van der Waals surface area contributed by atoms with E-state index in [1.165, 1.54) is 11.6 Å². The molecule has 0 spiro atoms. The second-order valence-electron chi connectivity index (χ2n) is 7.78. The van der Waals surface area contributed by atoms with Crippen LogP contribution >= 0.6 is 0 Å². The Hall–Kier alpha value is -3.66. The zero-order valence-corrected chi connectivity index (χ0v) is 17.5. The molecular formula is C26H23NO3. The zero-order chi connectivity index (χ0) is 21.4. The molecule has 150 valence electrons. The van der Waals surface area contributed by atoms with E-state index in [0.717, 1.165) is 27.9 Å². The highest BCUT2D eigenvalue weighted by Crippen LogP contribution is 2.25. The minimum atomic E-state index is -0.174. The number of fused-ring (bicyclic) bond motifs is 1. The first kappa shape index (κ1) is 19.6. The smallest absolute Gasteiger partial charge is 0.255 e. The van der Waals surface area contributed by atoms with Crippen LogP contribution in [0.5, 0.6) is 0 Å². The molecule has 0 atom stereocenters. The van der Waals surface area contributed by atoms with Gasteiger partial charge >= 0.3 is 0 Å². The summed E-state index contributed by atoms with van der Waals surface area (Å²) < 4.78 is 5.92. The minimum absolute atomic E-state index is 0.0814. The van der Waals surface area contributed by atoms with Crippen molar-refractivity contribution in [1.82, 2.24) is 0 Å². The Kier molecular flexibility index (Phi) is 5.00. The fourth-order valence-corrected chi connectivity index (χ4v) is 3.76. The number of hydrogen-bond donors (Lipinski definition) is 1. The first-order valence-corrected chi connectivity index (χ1v) is 9.86. The van der Waals surface area contributed by atoms with E-state index >= 15 is 0 Å². The fraction of sp³-hybridized carbons (Fsp3) is 0.154. The summed E-state index contributed by atoms with van der Waals surface area (Å²) in [6.45, 7) is 7.96. The number of carbonyl (C=O) groups is 1. The lowest BCUT2D eigenvalue weighted by atomic mass is 10.0. The van der Waals surface area contributed by atoms with Crippen LogP contribution in [0, 0.1) is 27.7 Å². The van der Waals surface area contributed by atoms with Crippen LogP contribution in [-0.4, -0.2) is 5.91 Å². The molecule has 0 fully saturated rings. The molecule has 0 radical (unpaired) electrons. The van der Waals surface area contributed by atoms with Crippen LogP contribution in [0.25, 0.3) is 22.3 Å². The van der Waals surface area contributed by atoms with Crippen molar-refractivity contribution in [2.75, 3.05) is 5.32 Å². The summed E-state index contributed by atoms with van der Waals surface area (Å²) >= 11 is 0. The molecule has 3 aromatic carbocycles. The molecule has 4 heteroatoms. The standard InChI is InChI=1S/C26H23NO3/c1-15-5-10-23-21(13-15)22(28)14-24(30-23)19-6-8-20(9-7-19)26(29)27-25-17(3)11-16(2)12-18(25)4/h5-14H,1-4H3,(H,27,29). The van der Waals surface area contributed by atoms with Gasteiger partial charge in [-0.2, -0.15) is 0 Å². The molecule has 1 heterocycles. The van der Waals surface area contributed by atoms with Gasteiger partial charge in [0.25, 0.3) is 5.91 Å². The van der Waals surface area contributed by atoms with Gasteiger partial charge in [0, 0.05) is 22.9 Å². The van der Waals surface area contributed by atoms with E-state index in [1.54, 1.807) is 24.3 Å². The molecular weight excluding hydrogens is 374 g/mol. The molecule has 30 heavy (non-hydrogen) atoms. The van der Waals surface area contributed by atoms with Gasteiger partial charge in [-0.05, 0) is 63.1 Å². The van der Waals surface area contributed by atoms with Gasteiger partial charge in [-0.25, -0.2) is 0 Å². The van der Waals surface area contributed by atoms with Crippen LogP contribution in [0.2, 0.25) is 0 Å². The summed E-state index contributed by atoms with van der Waals surface area (Å²) in [5.41, 5.74) is 6.83. The maximum absolute atomic E-state index is 12.7. The van der Waals surface area contributed by atoms with Gasteiger partial charge in [0.15, 0.2) is 5.43 Å². The monoisotopic (exact) mass is 397 g/mol. The van der Waals surface area contributed by atoms with Crippen molar-refractivity contribution < 1.29 is 9.21 Å². The lowest BCUT2D eigenvalue weighted by molar-refractivity contribution is 0.102. The molecule has 0 aliphatic heterocycles. The second-order valence-corrected chi connectivity index (χ2v) is 7.78. The van der Waals surface area contributed by atoms with Gasteiger partial charge < -0.3 is 9.73 Å². The molecule has 0 bridgehead atoms. The van der Waals surface area contributed by atoms with Crippen molar-refractivity contribution in [3.63, 3.8) is 0 Å². The summed E-state index contributed by atoms with van der Waals surface area (Å²) in [6.07, 6.45) is 0. The summed E-state index contributed by atoms with van der Waals surface area (Å²) in [6, 6.07) is 18.2. The maximum atomic E-state index is 12.7. The highest BCUT2D eigenvalue weighted by Gasteiger charge is 2.12. The number of benzene rings is 3. The van der Waals surface area contributed by atoms with Gasteiger partial charge in [-0.15, -0.1) is 0 Å². The fourth-order valence-electron chi connectivity index (χ4n) is 3.76. The first-order valence-electron chi connectivity index (χ1n) is 9.86. The average molecular weight is 397 g/mol. The van der Waals surface area contributed by atoms with E-state index in [9.17, 15) is 9.59 Å². The zero-order valence-electron chi connectivity index (χ0n) is 17.5. The SMILES string of the molecule is Cc1cc(C)c(NC(=O)c2ccc(-c3cc(=O)c4cc(C)ccc4o3)cc2)c(C)c1. The van der Waals surface area contributed by atoms with Crippen molar-refractivity contribution in [2.45, 2.75) is 27.7 Å². The van der Waals surface area contributed by atoms with Gasteiger partial charge in [0.2, 0.25) is 0 Å². The summed E-state index contributed by atoms with van der Waals surface area (Å²) in [4.78, 5) is 25.2. The van der Waals surface area contributed by atoms with Crippen LogP contribution in [0.1, 0.15) is 32.6 Å². The topological polar surface area (TPSA) is 59.3 Å². The largest absolute Gasteiger partial charge is 0.456 e.